The normalized spacial score (nSPS) is 18.7. The van der Waals surface area contributed by atoms with Crippen LogP contribution in [-0.4, -0.2) is 33.4 Å². The molecule has 2 heterocycles. The van der Waals surface area contributed by atoms with Crippen LogP contribution in [0.1, 0.15) is 30.3 Å². The lowest BCUT2D eigenvalue weighted by atomic mass is 10.00. The molecule has 1 amide bonds. The Hall–Kier alpha value is -1.88. The first-order valence-electron chi connectivity index (χ1n) is 7.32. The van der Waals surface area contributed by atoms with Crippen LogP contribution in [0.25, 0.3) is 5.69 Å². The molecule has 1 aromatic heterocycles. The molecule has 21 heavy (non-hydrogen) atoms. The molecule has 110 valence electrons. The van der Waals surface area contributed by atoms with Gasteiger partial charge < -0.3 is 9.88 Å². The molecule has 5 heteroatoms. The lowest BCUT2D eigenvalue weighted by molar-refractivity contribution is 0.0675. The lowest BCUT2D eigenvalue weighted by Crippen LogP contribution is -2.39. The van der Waals surface area contributed by atoms with Crippen LogP contribution in [-0.2, 0) is 0 Å². The smallest absolute Gasteiger partial charge is 0.272 e. The van der Waals surface area contributed by atoms with E-state index in [1.807, 2.05) is 39.8 Å². The van der Waals surface area contributed by atoms with Crippen LogP contribution in [0.3, 0.4) is 0 Å². The van der Waals surface area contributed by atoms with Crippen molar-refractivity contribution in [1.29, 1.82) is 0 Å². The second-order valence-corrected chi connectivity index (χ2v) is 6.04. The van der Waals surface area contributed by atoms with E-state index < -0.39 is 0 Å². The fourth-order valence-electron chi connectivity index (χ4n) is 2.90. The van der Waals surface area contributed by atoms with Gasteiger partial charge in [0.05, 0.1) is 0 Å². The van der Waals surface area contributed by atoms with Crippen molar-refractivity contribution in [1.82, 2.24) is 14.5 Å². The first-order chi connectivity index (χ1) is 10.2. The molecule has 1 unspecified atom stereocenters. The van der Waals surface area contributed by atoms with Crippen LogP contribution in [0, 0.1) is 10.7 Å². The number of nitrogens with one attached hydrogen (secondary N) is 1. The van der Waals surface area contributed by atoms with Crippen LogP contribution >= 0.6 is 12.2 Å². The highest BCUT2D eigenvalue weighted by molar-refractivity contribution is 7.71. The van der Waals surface area contributed by atoms with Gasteiger partial charge in [0, 0.05) is 25.0 Å². The number of likely N-dealkylation sites (tertiary alicyclic amines) is 1. The molecule has 1 N–H and O–H groups in total. The third kappa shape index (κ3) is 2.78. The SMILES string of the molecule is CC1CCCN(C(=O)c2c[nH]c(=S)n2-c2ccccc2)C1. The summed E-state index contributed by atoms with van der Waals surface area (Å²) < 4.78 is 2.37. The predicted octanol–water partition coefficient (Wildman–Crippen LogP) is 3.41. The molecule has 3 rings (SSSR count). The minimum atomic E-state index is 0.0535. The van der Waals surface area contributed by atoms with Crippen molar-refractivity contribution in [3.05, 3.63) is 47.0 Å². The Morgan fingerprint density at radius 1 is 1.33 bits per heavy atom. The van der Waals surface area contributed by atoms with Crippen LogP contribution in [0.4, 0.5) is 0 Å². The zero-order valence-corrected chi connectivity index (χ0v) is 12.9. The van der Waals surface area contributed by atoms with Crippen molar-refractivity contribution in [3.63, 3.8) is 0 Å². The number of nitrogens with zero attached hydrogens (tertiary/aromatic N) is 2. The Bertz CT molecular complexity index is 689. The van der Waals surface area contributed by atoms with Gasteiger partial charge in [-0.1, -0.05) is 25.1 Å². The summed E-state index contributed by atoms with van der Waals surface area (Å²) in [5, 5.41) is 0. The minimum Gasteiger partial charge on any atom is -0.337 e. The quantitative estimate of drug-likeness (QED) is 0.864. The molecule has 0 aliphatic carbocycles. The number of benzene rings is 1. The number of H-pyrrole nitrogens is 1. The number of amides is 1. The largest absolute Gasteiger partial charge is 0.337 e. The molecule has 1 atom stereocenters. The van der Waals surface area contributed by atoms with Gasteiger partial charge in [0.25, 0.3) is 5.91 Å². The monoisotopic (exact) mass is 301 g/mol. The Balaban J connectivity index is 1.96. The second-order valence-electron chi connectivity index (χ2n) is 5.65. The van der Waals surface area contributed by atoms with Crippen molar-refractivity contribution in [2.75, 3.05) is 13.1 Å². The summed E-state index contributed by atoms with van der Waals surface area (Å²) in [7, 11) is 0. The molecule has 0 bridgehead atoms. The van der Waals surface area contributed by atoms with Gasteiger partial charge in [-0.3, -0.25) is 9.36 Å². The van der Waals surface area contributed by atoms with Crippen molar-refractivity contribution < 1.29 is 4.79 Å². The average Bonchev–Trinajstić information content (AvgIpc) is 2.89. The van der Waals surface area contributed by atoms with Crippen LogP contribution < -0.4 is 0 Å². The highest BCUT2D eigenvalue weighted by atomic mass is 32.1. The van der Waals surface area contributed by atoms with Crippen molar-refractivity contribution >= 4 is 18.1 Å². The maximum absolute atomic E-state index is 12.8. The van der Waals surface area contributed by atoms with Gasteiger partial charge in [0.2, 0.25) is 0 Å². The fourth-order valence-corrected chi connectivity index (χ4v) is 3.16. The molecule has 2 aromatic rings. The molecule has 1 saturated heterocycles. The number of para-hydroxylation sites is 1. The molecule has 1 fully saturated rings. The van der Waals surface area contributed by atoms with Crippen LogP contribution in [0.5, 0.6) is 0 Å². The number of carbonyl (C=O) groups is 1. The number of piperidine rings is 1. The molecular formula is C16H19N3OS. The van der Waals surface area contributed by atoms with Crippen molar-refractivity contribution in [3.8, 4) is 5.69 Å². The van der Waals surface area contributed by atoms with E-state index in [1.54, 1.807) is 6.20 Å². The Morgan fingerprint density at radius 2 is 2.10 bits per heavy atom. The zero-order chi connectivity index (χ0) is 14.8. The van der Waals surface area contributed by atoms with Gasteiger partial charge in [-0.15, -0.1) is 0 Å². The molecule has 1 aliphatic rings. The molecule has 0 saturated carbocycles. The summed E-state index contributed by atoms with van der Waals surface area (Å²) in [5.74, 6) is 0.618. The Morgan fingerprint density at radius 3 is 2.81 bits per heavy atom. The first-order valence-corrected chi connectivity index (χ1v) is 7.73. The van der Waals surface area contributed by atoms with E-state index in [2.05, 4.69) is 11.9 Å². The molecule has 1 aromatic carbocycles. The van der Waals surface area contributed by atoms with Gasteiger partial charge in [-0.2, -0.15) is 0 Å². The van der Waals surface area contributed by atoms with Crippen molar-refractivity contribution in [2.24, 2.45) is 5.92 Å². The molecule has 0 spiro atoms. The highest BCUT2D eigenvalue weighted by Gasteiger charge is 2.24. The molecule has 4 nitrogen and oxygen atoms in total. The second kappa shape index (κ2) is 5.85. The summed E-state index contributed by atoms with van der Waals surface area (Å²) in [5.41, 5.74) is 1.53. The first kappa shape index (κ1) is 14.1. The van der Waals surface area contributed by atoms with Gasteiger partial charge in [-0.25, -0.2) is 0 Å². The van der Waals surface area contributed by atoms with Gasteiger partial charge in [0.15, 0.2) is 4.77 Å². The van der Waals surface area contributed by atoms with Crippen molar-refractivity contribution in [2.45, 2.75) is 19.8 Å². The summed E-state index contributed by atoms with van der Waals surface area (Å²) in [6.45, 7) is 3.85. The average molecular weight is 301 g/mol. The maximum atomic E-state index is 12.8. The predicted molar refractivity (Wildman–Crippen MR) is 85.3 cm³/mol. The number of aromatic amines is 1. The van der Waals surface area contributed by atoms with Gasteiger partial charge in [0.1, 0.15) is 5.69 Å². The molecule has 1 aliphatic heterocycles. The number of rotatable bonds is 2. The minimum absolute atomic E-state index is 0.0535. The maximum Gasteiger partial charge on any atom is 0.272 e. The van der Waals surface area contributed by atoms with Crippen LogP contribution in [0.2, 0.25) is 0 Å². The van der Waals surface area contributed by atoms with Gasteiger partial charge in [-0.05, 0) is 43.1 Å². The standard InChI is InChI=1S/C16H19N3OS/c1-12-6-5-9-18(11-12)15(20)14-10-17-16(21)19(14)13-7-3-2-4-8-13/h2-4,7-8,10,12H,5-6,9,11H2,1H3,(H,17,21). The summed E-state index contributed by atoms with van der Waals surface area (Å²) in [6.07, 6.45) is 3.99. The number of carbonyl (C=O) groups excluding carboxylic acids is 1. The number of aromatic nitrogens is 2. The number of hydrogen-bond acceptors (Lipinski definition) is 2. The zero-order valence-electron chi connectivity index (χ0n) is 12.1. The number of hydrogen-bond donors (Lipinski definition) is 1. The van der Waals surface area contributed by atoms with E-state index in [9.17, 15) is 4.79 Å². The topological polar surface area (TPSA) is 41.0 Å². The lowest BCUT2D eigenvalue weighted by Gasteiger charge is -2.31. The highest BCUT2D eigenvalue weighted by Crippen LogP contribution is 2.20. The van der Waals surface area contributed by atoms with E-state index >= 15 is 0 Å². The van der Waals surface area contributed by atoms with E-state index in [0.717, 1.165) is 25.2 Å². The third-order valence-corrected chi connectivity index (χ3v) is 4.25. The molecular weight excluding hydrogens is 282 g/mol. The fraction of sp³-hybridized carbons (Fsp3) is 0.375. The van der Waals surface area contributed by atoms with Gasteiger partial charge >= 0.3 is 0 Å². The van der Waals surface area contributed by atoms with E-state index in [0.29, 0.717) is 16.4 Å². The molecule has 0 radical (unpaired) electrons. The summed E-state index contributed by atoms with van der Waals surface area (Å²) in [4.78, 5) is 17.7. The van der Waals surface area contributed by atoms with Crippen LogP contribution in [0.15, 0.2) is 36.5 Å². The van der Waals surface area contributed by atoms with E-state index in [1.165, 1.54) is 6.42 Å². The van der Waals surface area contributed by atoms with E-state index in [-0.39, 0.29) is 5.91 Å². The summed E-state index contributed by atoms with van der Waals surface area (Å²) >= 11 is 5.34. The number of imidazole rings is 1. The Labute approximate surface area is 129 Å². The Kier molecular flexibility index (Phi) is 3.92. The summed E-state index contributed by atoms with van der Waals surface area (Å²) in [6, 6.07) is 9.76. The van der Waals surface area contributed by atoms with E-state index in [4.69, 9.17) is 12.2 Å². The third-order valence-electron chi connectivity index (χ3n) is 3.95.